The van der Waals surface area contributed by atoms with E-state index in [0.29, 0.717) is 17.4 Å². The third-order valence-corrected chi connectivity index (χ3v) is 1.31. The fraction of sp³-hybridized carbons (Fsp3) is 0.429. The molecule has 0 atom stereocenters. The van der Waals surface area contributed by atoms with E-state index in [1.807, 2.05) is 0 Å². The highest BCUT2D eigenvalue weighted by molar-refractivity contribution is 5.93. The molecule has 1 aromatic heterocycles. The quantitative estimate of drug-likeness (QED) is 0.481. The van der Waals surface area contributed by atoms with Crippen LogP contribution in [0, 0.1) is 12.3 Å². The molecule has 0 aliphatic rings. The van der Waals surface area contributed by atoms with Crippen LogP contribution in [0.25, 0.3) is 0 Å². The van der Waals surface area contributed by atoms with Gasteiger partial charge in [0.2, 0.25) is 0 Å². The van der Waals surface area contributed by atoms with Crippen LogP contribution in [-0.4, -0.2) is 29.8 Å². The first-order chi connectivity index (χ1) is 5.11. The summed E-state index contributed by atoms with van der Waals surface area (Å²) in [5.74, 6) is 0.952. The molecule has 0 saturated carbocycles. The minimum absolute atomic E-state index is 0.363. The van der Waals surface area contributed by atoms with Gasteiger partial charge in [-0.2, -0.15) is 0 Å². The van der Waals surface area contributed by atoms with Gasteiger partial charge in [0.1, 0.15) is 17.8 Å². The Morgan fingerprint density at radius 2 is 2.27 bits per heavy atom. The minimum Gasteiger partial charge on any atom is -0.449 e. The van der Waals surface area contributed by atoms with E-state index in [-0.39, 0.29) is 0 Å². The van der Waals surface area contributed by atoms with Crippen LogP contribution < -0.4 is 0 Å². The van der Waals surface area contributed by atoms with Crippen molar-refractivity contribution in [3.05, 3.63) is 17.8 Å². The summed E-state index contributed by atoms with van der Waals surface area (Å²) in [5, 5.41) is 7.50. The molecule has 0 fully saturated rings. The van der Waals surface area contributed by atoms with E-state index in [0.717, 1.165) is 0 Å². The van der Waals surface area contributed by atoms with Crippen LogP contribution >= 0.6 is 0 Å². The molecule has 11 heavy (non-hydrogen) atoms. The standard InChI is InChI=1S/C7H11N3O/c1-5-9-6(4-11-5)7(8)10(2)3/h4,8H,1-3H3. The summed E-state index contributed by atoms with van der Waals surface area (Å²) >= 11 is 0. The zero-order valence-electron chi connectivity index (χ0n) is 6.88. The van der Waals surface area contributed by atoms with Crippen molar-refractivity contribution in [2.24, 2.45) is 0 Å². The number of aryl methyl sites for hydroxylation is 1. The highest BCUT2D eigenvalue weighted by atomic mass is 16.3. The average molecular weight is 153 g/mol. The molecule has 1 N–H and O–H groups in total. The Hall–Kier alpha value is -1.32. The van der Waals surface area contributed by atoms with Crippen molar-refractivity contribution in [2.45, 2.75) is 6.92 Å². The van der Waals surface area contributed by atoms with Gasteiger partial charge in [-0.25, -0.2) is 4.98 Å². The Kier molecular flexibility index (Phi) is 1.94. The number of oxazole rings is 1. The summed E-state index contributed by atoms with van der Waals surface area (Å²) < 4.78 is 4.96. The molecule has 0 spiro atoms. The van der Waals surface area contributed by atoms with E-state index in [1.54, 1.807) is 25.9 Å². The van der Waals surface area contributed by atoms with Gasteiger partial charge in [-0.1, -0.05) is 0 Å². The number of amidine groups is 1. The molecule has 4 heteroatoms. The third-order valence-electron chi connectivity index (χ3n) is 1.31. The monoisotopic (exact) mass is 153 g/mol. The molecule has 4 nitrogen and oxygen atoms in total. The molecule has 0 aliphatic heterocycles. The van der Waals surface area contributed by atoms with E-state index < -0.39 is 0 Å². The Morgan fingerprint density at radius 1 is 1.64 bits per heavy atom. The molecular weight excluding hydrogens is 142 g/mol. The number of rotatable bonds is 1. The van der Waals surface area contributed by atoms with Crippen molar-refractivity contribution < 1.29 is 4.42 Å². The summed E-state index contributed by atoms with van der Waals surface area (Å²) in [6.07, 6.45) is 1.48. The SMILES string of the molecule is Cc1nc(C(=N)N(C)C)co1. The van der Waals surface area contributed by atoms with Crippen LogP contribution in [0.15, 0.2) is 10.7 Å². The molecule has 0 amide bonds. The topological polar surface area (TPSA) is 53.1 Å². The fourth-order valence-electron chi connectivity index (χ4n) is 0.701. The minimum atomic E-state index is 0.363. The van der Waals surface area contributed by atoms with Gasteiger partial charge in [0.25, 0.3) is 0 Å². The van der Waals surface area contributed by atoms with Crippen molar-refractivity contribution >= 4 is 5.84 Å². The van der Waals surface area contributed by atoms with E-state index in [4.69, 9.17) is 9.83 Å². The van der Waals surface area contributed by atoms with Crippen molar-refractivity contribution in [3.63, 3.8) is 0 Å². The zero-order chi connectivity index (χ0) is 8.43. The maximum atomic E-state index is 7.50. The maximum Gasteiger partial charge on any atom is 0.191 e. The third kappa shape index (κ3) is 1.58. The van der Waals surface area contributed by atoms with Crippen LogP contribution in [0.3, 0.4) is 0 Å². The Labute approximate surface area is 65.4 Å². The van der Waals surface area contributed by atoms with Gasteiger partial charge in [0, 0.05) is 21.0 Å². The lowest BCUT2D eigenvalue weighted by Crippen LogP contribution is -2.21. The zero-order valence-corrected chi connectivity index (χ0v) is 6.88. The second kappa shape index (κ2) is 2.74. The van der Waals surface area contributed by atoms with Gasteiger partial charge in [-0.15, -0.1) is 0 Å². The molecule has 1 heterocycles. The number of hydrogen-bond donors (Lipinski definition) is 1. The normalized spacial score (nSPS) is 9.73. The summed E-state index contributed by atoms with van der Waals surface area (Å²) in [4.78, 5) is 5.68. The van der Waals surface area contributed by atoms with Gasteiger partial charge in [0.15, 0.2) is 5.89 Å². The molecule has 0 saturated heterocycles. The predicted molar refractivity (Wildman–Crippen MR) is 41.8 cm³/mol. The van der Waals surface area contributed by atoms with Crippen LogP contribution in [0.1, 0.15) is 11.6 Å². The van der Waals surface area contributed by atoms with Crippen molar-refractivity contribution in [1.82, 2.24) is 9.88 Å². The van der Waals surface area contributed by atoms with Crippen molar-refractivity contribution in [2.75, 3.05) is 14.1 Å². The molecule has 0 aliphatic carbocycles. The number of nitrogens with zero attached hydrogens (tertiary/aromatic N) is 2. The van der Waals surface area contributed by atoms with Gasteiger partial charge in [-0.3, -0.25) is 5.41 Å². The van der Waals surface area contributed by atoms with Gasteiger partial charge < -0.3 is 9.32 Å². The number of hydrogen-bond acceptors (Lipinski definition) is 3. The molecule has 1 aromatic rings. The molecule has 0 unspecified atom stereocenters. The van der Waals surface area contributed by atoms with Gasteiger partial charge in [0.05, 0.1) is 0 Å². The average Bonchev–Trinajstić information content (AvgIpc) is 2.34. The molecule has 0 radical (unpaired) electrons. The van der Waals surface area contributed by atoms with Gasteiger partial charge in [-0.05, 0) is 0 Å². The summed E-state index contributed by atoms with van der Waals surface area (Å²) in [6, 6.07) is 0. The number of nitrogens with one attached hydrogen (secondary N) is 1. The van der Waals surface area contributed by atoms with E-state index >= 15 is 0 Å². The molecule has 0 bridgehead atoms. The lowest BCUT2D eigenvalue weighted by Gasteiger charge is -2.09. The van der Waals surface area contributed by atoms with E-state index in [1.165, 1.54) is 6.26 Å². The van der Waals surface area contributed by atoms with Crippen molar-refractivity contribution in [3.8, 4) is 0 Å². The van der Waals surface area contributed by atoms with Crippen LogP contribution in [0.2, 0.25) is 0 Å². The van der Waals surface area contributed by atoms with E-state index in [9.17, 15) is 0 Å². The molecular formula is C7H11N3O. The second-order valence-corrected chi connectivity index (χ2v) is 2.49. The van der Waals surface area contributed by atoms with Crippen LogP contribution in [0.4, 0.5) is 0 Å². The Balaban J connectivity index is 2.85. The first kappa shape index (κ1) is 7.78. The second-order valence-electron chi connectivity index (χ2n) is 2.49. The highest BCUT2D eigenvalue weighted by Gasteiger charge is 2.07. The maximum absolute atomic E-state index is 7.50. The van der Waals surface area contributed by atoms with Gasteiger partial charge >= 0.3 is 0 Å². The lowest BCUT2D eigenvalue weighted by atomic mass is 10.4. The summed E-state index contributed by atoms with van der Waals surface area (Å²) in [6.45, 7) is 1.76. The summed E-state index contributed by atoms with van der Waals surface area (Å²) in [5.41, 5.74) is 0.576. The molecule has 60 valence electrons. The largest absolute Gasteiger partial charge is 0.449 e. The van der Waals surface area contributed by atoms with Crippen LogP contribution in [-0.2, 0) is 0 Å². The van der Waals surface area contributed by atoms with E-state index in [2.05, 4.69) is 4.98 Å². The smallest absolute Gasteiger partial charge is 0.191 e. The first-order valence-electron chi connectivity index (χ1n) is 3.29. The predicted octanol–water partition coefficient (Wildman–Crippen LogP) is 0.870. The molecule has 1 rings (SSSR count). The van der Waals surface area contributed by atoms with Crippen molar-refractivity contribution in [1.29, 1.82) is 5.41 Å². The Morgan fingerprint density at radius 3 is 2.64 bits per heavy atom. The molecule has 0 aromatic carbocycles. The lowest BCUT2D eigenvalue weighted by molar-refractivity contribution is 0.521. The number of aromatic nitrogens is 1. The Bertz CT molecular complexity index is 264. The van der Waals surface area contributed by atoms with Crippen LogP contribution in [0.5, 0.6) is 0 Å². The first-order valence-corrected chi connectivity index (χ1v) is 3.29. The summed E-state index contributed by atoms with van der Waals surface area (Å²) in [7, 11) is 3.60. The fourth-order valence-corrected chi connectivity index (χ4v) is 0.701. The highest BCUT2D eigenvalue weighted by Crippen LogP contribution is 2.01.